The third kappa shape index (κ3) is 4.74. The Kier molecular flexibility index (Phi) is 6.21. The van der Waals surface area contributed by atoms with Crippen LogP contribution < -0.4 is 0 Å². The maximum atomic E-state index is 13.0. The third-order valence-corrected chi connectivity index (χ3v) is 5.84. The van der Waals surface area contributed by atoms with Crippen molar-refractivity contribution in [3.8, 4) is 11.4 Å². The Morgan fingerprint density at radius 1 is 0.886 bits per heavy atom. The Labute approximate surface area is 200 Å². The zero-order valence-electron chi connectivity index (χ0n) is 18.8. The number of fused-ring (bicyclic) bond motifs is 1. The molecule has 9 heteroatoms. The molecule has 1 fully saturated rings. The van der Waals surface area contributed by atoms with E-state index < -0.39 is 5.97 Å². The van der Waals surface area contributed by atoms with Crippen LogP contribution in [0.1, 0.15) is 20.9 Å². The van der Waals surface area contributed by atoms with E-state index in [0.717, 1.165) is 0 Å². The fourth-order valence-electron chi connectivity index (χ4n) is 4.00. The summed E-state index contributed by atoms with van der Waals surface area (Å²) < 4.78 is 10.6. The summed E-state index contributed by atoms with van der Waals surface area (Å²) in [5, 5.41) is 0.634. The van der Waals surface area contributed by atoms with Gasteiger partial charge in [-0.2, -0.15) is 0 Å². The molecule has 0 unspecified atom stereocenters. The largest absolute Gasteiger partial charge is 0.459 e. The molecule has 2 amide bonds. The van der Waals surface area contributed by atoms with Gasteiger partial charge >= 0.3 is 5.97 Å². The van der Waals surface area contributed by atoms with Crippen LogP contribution in [0.25, 0.3) is 22.3 Å². The highest BCUT2D eigenvalue weighted by Gasteiger charge is 2.27. The van der Waals surface area contributed by atoms with Crippen LogP contribution in [-0.2, 0) is 9.53 Å². The number of carbonyl (C=O) groups excluding carboxylic acids is 3. The molecule has 0 aliphatic carbocycles. The van der Waals surface area contributed by atoms with Gasteiger partial charge in [-0.25, -0.2) is 9.78 Å². The topological polar surface area (TPSA) is 106 Å². The predicted octanol–water partition coefficient (Wildman–Crippen LogP) is 3.03. The SMILES string of the molecule is O=C(OCC(=O)N1CCN(C(=O)c2ccco2)CC1)c1cc(-c2ccccn2)nc2ccccc12. The van der Waals surface area contributed by atoms with Gasteiger partial charge in [0.1, 0.15) is 0 Å². The molecule has 9 nitrogen and oxygen atoms in total. The maximum Gasteiger partial charge on any atom is 0.339 e. The van der Waals surface area contributed by atoms with E-state index in [1.807, 2.05) is 30.3 Å². The van der Waals surface area contributed by atoms with Crippen LogP contribution >= 0.6 is 0 Å². The molecule has 1 aromatic carbocycles. The Balaban J connectivity index is 1.24. The molecule has 0 saturated carbocycles. The quantitative estimate of drug-likeness (QED) is 0.413. The van der Waals surface area contributed by atoms with E-state index in [1.54, 1.807) is 46.3 Å². The average Bonchev–Trinajstić information content (AvgIpc) is 3.46. The second kappa shape index (κ2) is 9.76. The zero-order chi connectivity index (χ0) is 24.2. The van der Waals surface area contributed by atoms with Crippen molar-refractivity contribution in [1.82, 2.24) is 19.8 Å². The van der Waals surface area contributed by atoms with Crippen LogP contribution in [0.4, 0.5) is 0 Å². The first-order valence-corrected chi connectivity index (χ1v) is 11.2. The van der Waals surface area contributed by atoms with Crippen LogP contribution in [0, 0.1) is 0 Å². The number of pyridine rings is 2. The van der Waals surface area contributed by atoms with E-state index in [0.29, 0.717) is 54.0 Å². The summed E-state index contributed by atoms with van der Waals surface area (Å²) in [7, 11) is 0. The Hall–Kier alpha value is -4.53. The summed E-state index contributed by atoms with van der Waals surface area (Å²) in [4.78, 5) is 50.2. The first kappa shape index (κ1) is 22.3. The minimum Gasteiger partial charge on any atom is -0.459 e. The van der Waals surface area contributed by atoms with Crippen LogP contribution in [0.2, 0.25) is 0 Å². The highest BCUT2D eigenvalue weighted by molar-refractivity contribution is 6.05. The van der Waals surface area contributed by atoms with E-state index in [9.17, 15) is 14.4 Å². The molecule has 4 aromatic rings. The molecule has 176 valence electrons. The van der Waals surface area contributed by atoms with E-state index in [1.165, 1.54) is 6.26 Å². The molecule has 1 aliphatic heterocycles. The number of piperazine rings is 1. The van der Waals surface area contributed by atoms with Crippen molar-refractivity contribution in [2.24, 2.45) is 0 Å². The van der Waals surface area contributed by atoms with Gasteiger partial charge in [-0.1, -0.05) is 24.3 Å². The normalized spacial score (nSPS) is 13.6. The molecular formula is C26H22N4O5. The second-order valence-corrected chi connectivity index (χ2v) is 8.01. The van der Waals surface area contributed by atoms with Gasteiger partial charge in [0.15, 0.2) is 12.4 Å². The molecule has 4 heterocycles. The van der Waals surface area contributed by atoms with Crippen LogP contribution in [0.15, 0.2) is 77.5 Å². The fourth-order valence-corrected chi connectivity index (χ4v) is 4.00. The van der Waals surface area contributed by atoms with Crippen LogP contribution in [-0.4, -0.2) is 70.3 Å². The number of ether oxygens (including phenoxy) is 1. The van der Waals surface area contributed by atoms with E-state index in [2.05, 4.69) is 9.97 Å². The first-order valence-electron chi connectivity index (χ1n) is 11.2. The Morgan fingerprint density at radius 3 is 2.40 bits per heavy atom. The number of carbonyl (C=O) groups is 3. The van der Waals surface area contributed by atoms with Gasteiger partial charge in [-0.05, 0) is 36.4 Å². The van der Waals surface area contributed by atoms with Gasteiger partial charge in [-0.3, -0.25) is 14.6 Å². The number of para-hydroxylation sites is 1. The monoisotopic (exact) mass is 470 g/mol. The Bertz CT molecular complexity index is 1360. The van der Waals surface area contributed by atoms with Crippen molar-refractivity contribution in [2.75, 3.05) is 32.8 Å². The minimum absolute atomic E-state index is 0.207. The van der Waals surface area contributed by atoms with Gasteiger partial charge in [0.2, 0.25) is 0 Å². The zero-order valence-corrected chi connectivity index (χ0v) is 18.8. The van der Waals surface area contributed by atoms with Crippen molar-refractivity contribution in [2.45, 2.75) is 0 Å². The number of furan rings is 1. The van der Waals surface area contributed by atoms with Gasteiger partial charge in [0.25, 0.3) is 11.8 Å². The molecule has 0 radical (unpaired) electrons. The van der Waals surface area contributed by atoms with Crippen molar-refractivity contribution < 1.29 is 23.5 Å². The number of nitrogens with zero attached hydrogens (tertiary/aromatic N) is 4. The Morgan fingerprint density at radius 2 is 1.66 bits per heavy atom. The number of benzene rings is 1. The van der Waals surface area contributed by atoms with Crippen LogP contribution in [0.3, 0.4) is 0 Å². The lowest BCUT2D eigenvalue weighted by Gasteiger charge is -2.34. The number of rotatable bonds is 5. The molecule has 3 aromatic heterocycles. The molecule has 5 rings (SSSR count). The highest BCUT2D eigenvalue weighted by Crippen LogP contribution is 2.24. The van der Waals surface area contributed by atoms with E-state index in [-0.39, 0.29) is 24.2 Å². The number of aromatic nitrogens is 2. The number of hydrogen-bond acceptors (Lipinski definition) is 7. The lowest BCUT2D eigenvalue weighted by atomic mass is 10.1. The summed E-state index contributed by atoms with van der Waals surface area (Å²) in [6.45, 7) is 1.07. The summed E-state index contributed by atoms with van der Waals surface area (Å²) in [5.74, 6) is -0.859. The van der Waals surface area contributed by atoms with Gasteiger partial charge in [-0.15, -0.1) is 0 Å². The number of esters is 1. The predicted molar refractivity (Wildman–Crippen MR) is 126 cm³/mol. The van der Waals surface area contributed by atoms with E-state index in [4.69, 9.17) is 9.15 Å². The number of hydrogen-bond donors (Lipinski definition) is 0. The fraction of sp³-hybridized carbons (Fsp3) is 0.192. The summed E-state index contributed by atoms with van der Waals surface area (Å²) >= 11 is 0. The molecule has 0 atom stereocenters. The standard InChI is InChI=1S/C26H22N4O5/c31-24(29-11-13-30(14-12-29)25(32)23-9-5-15-34-23)17-35-26(33)19-16-22(21-8-3-4-10-27-21)28-20-7-2-1-6-18(19)20/h1-10,15-16H,11-14,17H2. The minimum atomic E-state index is -0.610. The van der Waals surface area contributed by atoms with Crippen molar-refractivity contribution in [3.63, 3.8) is 0 Å². The lowest BCUT2D eigenvalue weighted by Crippen LogP contribution is -2.51. The van der Waals surface area contributed by atoms with Crippen molar-refractivity contribution in [1.29, 1.82) is 0 Å². The molecular weight excluding hydrogens is 448 g/mol. The van der Waals surface area contributed by atoms with Crippen molar-refractivity contribution in [3.05, 3.63) is 84.4 Å². The van der Waals surface area contributed by atoms with Gasteiger partial charge < -0.3 is 19.0 Å². The van der Waals surface area contributed by atoms with Gasteiger partial charge in [0, 0.05) is 37.8 Å². The summed E-state index contributed by atoms with van der Waals surface area (Å²) in [6, 6.07) is 17.6. The summed E-state index contributed by atoms with van der Waals surface area (Å²) in [5.41, 5.74) is 2.12. The van der Waals surface area contributed by atoms with Crippen molar-refractivity contribution >= 4 is 28.7 Å². The van der Waals surface area contributed by atoms with Gasteiger partial charge in [0.05, 0.1) is 28.7 Å². The van der Waals surface area contributed by atoms with Crippen LogP contribution in [0.5, 0.6) is 0 Å². The third-order valence-electron chi connectivity index (χ3n) is 5.84. The maximum absolute atomic E-state index is 13.0. The molecule has 1 aliphatic rings. The molecule has 0 N–H and O–H groups in total. The molecule has 0 bridgehead atoms. The second-order valence-electron chi connectivity index (χ2n) is 8.01. The van der Waals surface area contributed by atoms with E-state index >= 15 is 0 Å². The molecule has 35 heavy (non-hydrogen) atoms. The summed E-state index contributed by atoms with van der Waals surface area (Å²) in [6.07, 6.45) is 3.11. The number of amides is 2. The average molecular weight is 470 g/mol. The first-order chi connectivity index (χ1) is 17.1. The lowest BCUT2D eigenvalue weighted by molar-refractivity contribution is -0.136. The molecule has 0 spiro atoms. The molecule has 1 saturated heterocycles. The highest BCUT2D eigenvalue weighted by atomic mass is 16.5. The smallest absolute Gasteiger partial charge is 0.339 e.